The van der Waals surface area contributed by atoms with Gasteiger partial charge in [0.1, 0.15) is 5.82 Å². The van der Waals surface area contributed by atoms with Gasteiger partial charge in [0.05, 0.1) is 5.56 Å². The SMILES string of the molecule is CN(CC(C)(C)C)C(=O)c1cc(Br)ccc1F. The predicted molar refractivity (Wildman–Crippen MR) is 70.5 cm³/mol. The summed E-state index contributed by atoms with van der Waals surface area (Å²) in [4.78, 5) is 13.6. The lowest BCUT2D eigenvalue weighted by Gasteiger charge is -2.26. The Morgan fingerprint density at radius 1 is 1.41 bits per heavy atom. The molecule has 94 valence electrons. The van der Waals surface area contributed by atoms with Crippen molar-refractivity contribution in [3.8, 4) is 0 Å². The maximum Gasteiger partial charge on any atom is 0.256 e. The first kappa shape index (κ1) is 14.2. The van der Waals surface area contributed by atoms with Crippen LogP contribution in [0.15, 0.2) is 22.7 Å². The number of nitrogens with zero attached hydrogens (tertiary/aromatic N) is 1. The molecule has 0 saturated carbocycles. The molecule has 0 atom stereocenters. The molecule has 0 aliphatic rings. The summed E-state index contributed by atoms with van der Waals surface area (Å²) in [6.45, 7) is 6.69. The van der Waals surface area contributed by atoms with E-state index in [1.54, 1.807) is 18.0 Å². The van der Waals surface area contributed by atoms with E-state index in [0.717, 1.165) is 0 Å². The van der Waals surface area contributed by atoms with Crippen LogP contribution in [0.5, 0.6) is 0 Å². The van der Waals surface area contributed by atoms with Crippen LogP contribution < -0.4 is 0 Å². The summed E-state index contributed by atoms with van der Waals surface area (Å²) < 4.78 is 14.2. The third kappa shape index (κ3) is 4.11. The highest BCUT2D eigenvalue weighted by Crippen LogP contribution is 2.19. The van der Waals surface area contributed by atoms with Crippen molar-refractivity contribution in [3.05, 3.63) is 34.1 Å². The smallest absolute Gasteiger partial charge is 0.256 e. The van der Waals surface area contributed by atoms with Gasteiger partial charge in [-0.05, 0) is 23.6 Å². The van der Waals surface area contributed by atoms with Crippen LogP contribution in [0, 0.1) is 11.2 Å². The Kier molecular flexibility index (Phi) is 4.31. The molecule has 0 radical (unpaired) electrons. The van der Waals surface area contributed by atoms with Crippen molar-refractivity contribution in [1.82, 2.24) is 4.90 Å². The number of hydrogen-bond acceptors (Lipinski definition) is 1. The molecule has 0 fully saturated rings. The van der Waals surface area contributed by atoms with Crippen molar-refractivity contribution in [3.63, 3.8) is 0 Å². The topological polar surface area (TPSA) is 20.3 Å². The number of hydrogen-bond donors (Lipinski definition) is 0. The van der Waals surface area contributed by atoms with Gasteiger partial charge >= 0.3 is 0 Å². The summed E-state index contributed by atoms with van der Waals surface area (Å²) >= 11 is 3.24. The van der Waals surface area contributed by atoms with Crippen LogP contribution in [0.25, 0.3) is 0 Å². The quantitative estimate of drug-likeness (QED) is 0.815. The van der Waals surface area contributed by atoms with Crippen molar-refractivity contribution in [1.29, 1.82) is 0 Å². The fourth-order valence-corrected chi connectivity index (χ4v) is 2.01. The van der Waals surface area contributed by atoms with Gasteiger partial charge in [0, 0.05) is 18.1 Å². The number of amides is 1. The van der Waals surface area contributed by atoms with Gasteiger partial charge in [-0.25, -0.2) is 4.39 Å². The van der Waals surface area contributed by atoms with Crippen LogP contribution in [0.2, 0.25) is 0 Å². The van der Waals surface area contributed by atoms with Gasteiger partial charge in [-0.1, -0.05) is 36.7 Å². The van der Waals surface area contributed by atoms with Crippen LogP contribution in [0.3, 0.4) is 0 Å². The number of rotatable bonds is 2. The Balaban J connectivity index is 2.93. The van der Waals surface area contributed by atoms with Gasteiger partial charge < -0.3 is 4.90 Å². The first-order valence-electron chi connectivity index (χ1n) is 5.41. The summed E-state index contributed by atoms with van der Waals surface area (Å²) in [7, 11) is 1.69. The second kappa shape index (κ2) is 5.17. The van der Waals surface area contributed by atoms with Crippen molar-refractivity contribution in [2.75, 3.05) is 13.6 Å². The average molecular weight is 302 g/mol. The molecule has 0 aromatic heterocycles. The van der Waals surface area contributed by atoms with Crippen LogP contribution in [-0.2, 0) is 0 Å². The van der Waals surface area contributed by atoms with Crippen LogP contribution in [0.1, 0.15) is 31.1 Å². The number of halogens is 2. The Morgan fingerprint density at radius 2 is 2.00 bits per heavy atom. The fraction of sp³-hybridized carbons (Fsp3) is 0.462. The van der Waals surface area contributed by atoms with E-state index in [1.165, 1.54) is 12.1 Å². The molecule has 0 bridgehead atoms. The second-order valence-corrected chi connectivity index (χ2v) is 6.26. The molecular formula is C13H17BrFNO. The molecule has 17 heavy (non-hydrogen) atoms. The average Bonchev–Trinajstić information content (AvgIpc) is 2.18. The lowest BCUT2D eigenvalue weighted by atomic mass is 9.96. The molecule has 4 heteroatoms. The molecule has 0 saturated heterocycles. The van der Waals surface area contributed by atoms with Crippen molar-refractivity contribution in [2.45, 2.75) is 20.8 Å². The number of carbonyl (C=O) groups excluding carboxylic acids is 1. The zero-order valence-electron chi connectivity index (χ0n) is 10.6. The maximum atomic E-state index is 13.5. The molecule has 1 aromatic carbocycles. The predicted octanol–water partition coefficient (Wildman–Crippen LogP) is 3.71. The van der Waals surface area contributed by atoms with E-state index in [1.807, 2.05) is 20.8 Å². The minimum absolute atomic E-state index is 0.00704. The van der Waals surface area contributed by atoms with E-state index in [0.29, 0.717) is 11.0 Å². The van der Waals surface area contributed by atoms with Crippen LogP contribution in [0.4, 0.5) is 4.39 Å². The van der Waals surface area contributed by atoms with E-state index < -0.39 is 5.82 Å². The lowest BCUT2D eigenvalue weighted by Crippen LogP contribution is -2.34. The Morgan fingerprint density at radius 3 is 2.53 bits per heavy atom. The zero-order valence-corrected chi connectivity index (χ0v) is 12.1. The summed E-state index contributed by atoms with van der Waals surface area (Å²) in [5, 5.41) is 0. The van der Waals surface area contributed by atoms with Gasteiger partial charge in [-0.15, -0.1) is 0 Å². The Labute approximate surface area is 110 Å². The molecule has 1 amide bonds. The van der Waals surface area contributed by atoms with Gasteiger partial charge in [0.25, 0.3) is 5.91 Å². The van der Waals surface area contributed by atoms with E-state index in [9.17, 15) is 9.18 Å². The first-order valence-corrected chi connectivity index (χ1v) is 6.20. The summed E-state index contributed by atoms with van der Waals surface area (Å²) in [5.41, 5.74) is 0.0958. The lowest BCUT2D eigenvalue weighted by molar-refractivity contribution is 0.0741. The van der Waals surface area contributed by atoms with Crippen LogP contribution in [-0.4, -0.2) is 24.4 Å². The third-order valence-electron chi connectivity index (χ3n) is 2.22. The van der Waals surface area contributed by atoms with Gasteiger partial charge in [0.2, 0.25) is 0 Å². The highest BCUT2D eigenvalue weighted by molar-refractivity contribution is 9.10. The van der Waals surface area contributed by atoms with Gasteiger partial charge in [-0.3, -0.25) is 4.79 Å². The molecule has 0 N–H and O–H groups in total. The zero-order chi connectivity index (χ0) is 13.2. The molecule has 2 nitrogen and oxygen atoms in total. The monoisotopic (exact) mass is 301 g/mol. The standard InChI is InChI=1S/C13H17BrFNO/c1-13(2,3)8-16(4)12(17)10-7-9(14)5-6-11(10)15/h5-7H,8H2,1-4H3. The molecular weight excluding hydrogens is 285 g/mol. The summed E-state index contributed by atoms with van der Waals surface area (Å²) in [6.07, 6.45) is 0. The summed E-state index contributed by atoms with van der Waals surface area (Å²) in [6, 6.07) is 4.38. The minimum atomic E-state index is -0.487. The fourth-order valence-electron chi connectivity index (χ4n) is 1.65. The van der Waals surface area contributed by atoms with E-state index in [-0.39, 0.29) is 16.9 Å². The molecule has 0 aliphatic heterocycles. The Hall–Kier alpha value is -0.900. The maximum absolute atomic E-state index is 13.5. The normalized spacial score (nSPS) is 11.4. The molecule has 0 aliphatic carbocycles. The van der Waals surface area contributed by atoms with Gasteiger partial charge in [-0.2, -0.15) is 0 Å². The van der Waals surface area contributed by atoms with Crippen molar-refractivity contribution < 1.29 is 9.18 Å². The Bertz CT molecular complexity index is 426. The summed E-state index contributed by atoms with van der Waals surface area (Å²) in [5.74, 6) is -0.780. The van der Waals surface area contributed by atoms with Crippen LogP contribution >= 0.6 is 15.9 Å². The highest BCUT2D eigenvalue weighted by atomic mass is 79.9. The highest BCUT2D eigenvalue weighted by Gasteiger charge is 2.21. The second-order valence-electron chi connectivity index (χ2n) is 5.35. The third-order valence-corrected chi connectivity index (χ3v) is 2.71. The first-order chi connectivity index (χ1) is 7.70. The number of carbonyl (C=O) groups is 1. The minimum Gasteiger partial charge on any atom is -0.341 e. The molecule has 0 spiro atoms. The van der Waals surface area contributed by atoms with E-state index in [4.69, 9.17) is 0 Å². The van der Waals surface area contributed by atoms with Crippen molar-refractivity contribution >= 4 is 21.8 Å². The molecule has 1 aromatic rings. The number of benzene rings is 1. The van der Waals surface area contributed by atoms with E-state index in [2.05, 4.69) is 15.9 Å². The van der Waals surface area contributed by atoms with Gasteiger partial charge in [0.15, 0.2) is 0 Å². The molecule has 0 heterocycles. The molecule has 0 unspecified atom stereocenters. The molecule has 1 rings (SSSR count). The largest absolute Gasteiger partial charge is 0.341 e. The van der Waals surface area contributed by atoms with Crippen molar-refractivity contribution in [2.24, 2.45) is 5.41 Å². The van der Waals surface area contributed by atoms with E-state index >= 15 is 0 Å².